The number of hydrogen-bond donors (Lipinski definition) is 2. The summed E-state index contributed by atoms with van der Waals surface area (Å²) in [6.45, 7) is 5.76. The molecule has 7 rings (SSSR count). The standard InChI is InChI=1S/C38H35N3O7/c1-4-9-22-10-8-13-27(32(22)42)31-25-18-19-26-30(35(45)40(33(26)43)37(47)48-3)28(25)20-29-34(44)41(39-24-16-14-21(2)15-17-24)36(46)38(29,31)23-11-6-5-7-12-23/h4-8,10-18,26,28-31,39,42H,1,9,19-20H2,2-3H3/t26-,28+,29-,30-,31+,38+/m0/s1. The lowest BCUT2D eigenvalue weighted by Crippen LogP contribution is -2.53. The van der Waals surface area contributed by atoms with Gasteiger partial charge in [0.1, 0.15) is 5.75 Å². The third-order valence-corrected chi connectivity index (χ3v) is 10.6. The average Bonchev–Trinajstić information content (AvgIpc) is 3.48. The number of likely N-dealkylation sites (tertiary alicyclic amines) is 1. The van der Waals surface area contributed by atoms with Gasteiger partial charge in [0.2, 0.25) is 11.8 Å². The number of phenols is 1. The Hall–Kier alpha value is -5.51. The molecule has 10 nitrogen and oxygen atoms in total. The van der Waals surface area contributed by atoms with Crippen LogP contribution in [0.3, 0.4) is 0 Å². The third kappa shape index (κ3) is 4.35. The SMILES string of the molecule is C=CCc1cccc([C@H]2C3=CC[C@@H]4C(=O)N(C(=O)OC)C(=O)[C@@H]4[C@@H]3C[C@H]3C(=O)N(Nc4ccc(C)cc4)C(=O)[C@@]23c2ccccc2)c1O. The molecule has 0 aromatic heterocycles. The van der Waals surface area contributed by atoms with Crippen LogP contribution in [0.25, 0.3) is 0 Å². The highest BCUT2D eigenvalue weighted by atomic mass is 16.5. The van der Waals surface area contributed by atoms with Crippen molar-refractivity contribution in [3.05, 3.63) is 119 Å². The first-order valence-corrected chi connectivity index (χ1v) is 16.0. The molecule has 48 heavy (non-hydrogen) atoms. The number of allylic oxidation sites excluding steroid dienone is 3. The molecule has 244 valence electrons. The average molecular weight is 646 g/mol. The molecule has 2 heterocycles. The summed E-state index contributed by atoms with van der Waals surface area (Å²) in [7, 11) is 1.11. The molecule has 3 aromatic rings. The molecule has 2 saturated heterocycles. The number of aromatic hydroxyl groups is 1. The van der Waals surface area contributed by atoms with E-state index in [1.165, 1.54) is 0 Å². The van der Waals surface area contributed by atoms with Crippen molar-refractivity contribution in [2.75, 3.05) is 12.5 Å². The number of nitrogens with zero attached hydrogens (tertiary/aromatic N) is 2. The number of fused-ring (bicyclic) bond motifs is 4. The van der Waals surface area contributed by atoms with Crippen molar-refractivity contribution in [1.29, 1.82) is 0 Å². The number of hydrazine groups is 1. The summed E-state index contributed by atoms with van der Waals surface area (Å²) in [5.74, 6) is -6.69. The van der Waals surface area contributed by atoms with Crippen LogP contribution in [0.15, 0.2) is 97.1 Å². The quantitative estimate of drug-likeness (QED) is 0.277. The van der Waals surface area contributed by atoms with Crippen LogP contribution >= 0.6 is 0 Å². The minimum atomic E-state index is -1.52. The number of carbonyl (C=O) groups is 5. The molecule has 10 heteroatoms. The Labute approximate surface area is 277 Å². The first-order chi connectivity index (χ1) is 23.1. The van der Waals surface area contributed by atoms with Crippen molar-refractivity contribution in [3.63, 3.8) is 0 Å². The van der Waals surface area contributed by atoms with E-state index in [4.69, 9.17) is 4.74 Å². The van der Waals surface area contributed by atoms with E-state index in [1.807, 2.05) is 55.5 Å². The Bertz CT molecular complexity index is 1900. The van der Waals surface area contributed by atoms with Gasteiger partial charge in [0, 0.05) is 11.5 Å². The lowest BCUT2D eigenvalue weighted by molar-refractivity contribution is -0.140. The molecule has 0 spiro atoms. The molecule has 0 bridgehead atoms. The first-order valence-electron chi connectivity index (χ1n) is 16.0. The van der Waals surface area contributed by atoms with Crippen molar-refractivity contribution < 1.29 is 33.8 Å². The van der Waals surface area contributed by atoms with E-state index in [-0.39, 0.29) is 18.6 Å². The van der Waals surface area contributed by atoms with Crippen molar-refractivity contribution in [3.8, 4) is 5.75 Å². The summed E-state index contributed by atoms with van der Waals surface area (Å²) >= 11 is 0. The monoisotopic (exact) mass is 645 g/mol. The van der Waals surface area contributed by atoms with Crippen LogP contribution in [0.1, 0.15) is 41.0 Å². The number of aryl methyl sites for hydroxylation is 1. The van der Waals surface area contributed by atoms with Gasteiger partial charge in [-0.25, -0.2) is 4.79 Å². The fraction of sp³-hybridized carbons (Fsp3) is 0.289. The van der Waals surface area contributed by atoms with Gasteiger partial charge in [0.25, 0.3) is 11.8 Å². The van der Waals surface area contributed by atoms with Gasteiger partial charge in [-0.05, 0) is 55.4 Å². The number of phenolic OH excluding ortho intramolecular Hbond substituents is 1. The highest BCUT2D eigenvalue weighted by molar-refractivity contribution is 6.16. The Kier molecular flexibility index (Phi) is 7.53. The molecule has 1 saturated carbocycles. The second-order valence-corrected chi connectivity index (χ2v) is 12.9. The van der Waals surface area contributed by atoms with Crippen LogP contribution in [0.5, 0.6) is 5.75 Å². The van der Waals surface area contributed by atoms with Gasteiger partial charge >= 0.3 is 6.09 Å². The maximum absolute atomic E-state index is 15.2. The van der Waals surface area contributed by atoms with E-state index >= 15 is 4.79 Å². The summed E-state index contributed by atoms with van der Waals surface area (Å²) in [6, 6.07) is 21.7. The number of nitrogens with one attached hydrogen (secondary N) is 1. The molecular weight excluding hydrogens is 610 g/mol. The first kappa shape index (κ1) is 31.1. The number of amides is 5. The molecule has 0 radical (unpaired) electrons. The van der Waals surface area contributed by atoms with E-state index in [2.05, 4.69) is 12.0 Å². The Morgan fingerprint density at radius 2 is 1.71 bits per heavy atom. The molecule has 2 aliphatic carbocycles. The highest BCUT2D eigenvalue weighted by Crippen LogP contribution is 2.65. The number of methoxy groups -OCH3 is 1. The van der Waals surface area contributed by atoms with Gasteiger partial charge in [-0.3, -0.25) is 24.6 Å². The molecule has 2 aliphatic heterocycles. The predicted molar refractivity (Wildman–Crippen MR) is 175 cm³/mol. The van der Waals surface area contributed by atoms with E-state index < -0.39 is 64.7 Å². The zero-order valence-electron chi connectivity index (χ0n) is 26.6. The number of rotatable bonds is 6. The minimum Gasteiger partial charge on any atom is -0.507 e. The van der Waals surface area contributed by atoms with E-state index in [0.717, 1.165) is 17.7 Å². The summed E-state index contributed by atoms with van der Waals surface area (Å²) in [4.78, 5) is 70.4. The minimum absolute atomic E-state index is 0.0321. The van der Waals surface area contributed by atoms with Crippen molar-refractivity contribution in [2.24, 2.45) is 23.7 Å². The fourth-order valence-corrected chi connectivity index (χ4v) is 8.53. The fourth-order valence-electron chi connectivity index (χ4n) is 8.53. The van der Waals surface area contributed by atoms with Crippen LogP contribution in [-0.4, -0.2) is 51.8 Å². The molecule has 3 fully saturated rings. The number of ether oxygens (including phenoxy) is 1. The van der Waals surface area contributed by atoms with E-state index in [1.54, 1.807) is 36.4 Å². The second-order valence-electron chi connectivity index (χ2n) is 12.9. The second kappa shape index (κ2) is 11.6. The van der Waals surface area contributed by atoms with Crippen molar-refractivity contribution in [1.82, 2.24) is 9.91 Å². The summed E-state index contributed by atoms with van der Waals surface area (Å²) in [5, 5.41) is 12.9. The van der Waals surface area contributed by atoms with Gasteiger partial charge in [0.15, 0.2) is 0 Å². The Morgan fingerprint density at radius 3 is 2.40 bits per heavy atom. The van der Waals surface area contributed by atoms with Crippen LogP contribution in [0, 0.1) is 30.6 Å². The summed E-state index contributed by atoms with van der Waals surface area (Å²) < 4.78 is 4.79. The van der Waals surface area contributed by atoms with Crippen LogP contribution in [0.2, 0.25) is 0 Å². The normalized spacial score (nSPS) is 27.6. The molecule has 4 aliphatic rings. The maximum Gasteiger partial charge on any atom is 0.423 e. The smallest absolute Gasteiger partial charge is 0.423 e. The number of para-hydroxylation sites is 1. The summed E-state index contributed by atoms with van der Waals surface area (Å²) in [6.07, 6.45) is 3.05. The topological polar surface area (TPSA) is 133 Å². The zero-order valence-corrected chi connectivity index (χ0v) is 26.6. The lowest BCUT2D eigenvalue weighted by Gasteiger charge is -2.50. The number of carbonyl (C=O) groups excluding carboxylic acids is 5. The van der Waals surface area contributed by atoms with E-state index in [0.29, 0.717) is 39.3 Å². The largest absolute Gasteiger partial charge is 0.507 e. The Morgan fingerprint density at radius 1 is 0.979 bits per heavy atom. The number of imide groups is 4. The van der Waals surface area contributed by atoms with Gasteiger partial charge in [-0.1, -0.05) is 84.0 Å². The summed E-state index contributed by atoms with van der Waals surface area (Å²) in [5.41, 5.74) is 5.36. The van der Waals surface area contributed by atoms with Gasteiger partial charge < -0.3 is 9.84 Å². The maximum atomic E-state index is 15.2. The molecule has 3 aromatic carbocycles. The molecule has 2 N–H and O–H groups in total. The zero-order chi connectivity index (χ0) is 33.9. The van der Waals surface area contributed by atoms with Crippen LogP contribution < -0.4 is 5.43 Å². The number of anilines is 1. The molecule has 6 atom stereocenters. The third-order valence-electron chi connectivity index (χ3n) is 10.6. The molecule has 5 amide bonds. The number of hydrogen-bond acceptors (Lipinski definition) is 8. The Balaban J connectivity index is 1.47. The molecule has 0 unspecified atom stereocenters. The van der Waals surface area contributed by atoms with E-state index in [9.17, 15) is 24.3 Å². The predicted octanol–water partition coefficient (Wildman–Crippen LogP) is 5.18. The molecular formula is C38H35N3O7. The van der Waals surface area contributed by atoms with Crippen molar-refractivity contribution >= 4 is 35.4 Å². The van der Waals surface area contributed by atoms with Gasteiger partial charge in [0.05, 0.1) is 36.0 Å². The van der Waals surface area contributed by atoms with Crippen LogP contribution in [0.4, 0.5) is 10.5 Å². The highest BCUT2D eigenvalue weighted by Gasteiger charge is 2.71. The van der Waals surface area contributed by atoms with Crippen molar-refractivity contribution in [2.45, 2.75) is 37.5 Å². The van der Waals surface area contributed by atoms with Gasteiger partial charge in [-0.2, -0.15) is 9.91 Å². The lowest BCUT2D eigenvalue weighted by atomic mass is 9.49. The van der Waals surface area contributed by atoms with Crippen LogP contribution in [-0.2, 0) is 35.8 Å². The van der Waals surface area contributed by atoms with Gasteiger partial charge in [-0.15, -0.1) is 6.58 Å². The number of benzene rings is 3.